The molecule has 1 atom stereocenters. The number of aryl methyl sites for hydroxylation is 1. The molecule has 1 aliphatic carbocycles. The maximum atomic E-state index is 13.0. The van der Waals surface area contributed by atoms with Crippen LogP contribution in [0.4, 0.5) is 4.39 Å². The lowest BCUT2D eigenvalue weighted by molar-refractivity contribution is -0.128. The van der Waals surface area contributed by atoms with Crippen molar-refractivity contribution in [2.24, 2.45) is 0 Å². The van der Waals surface area contributed by atoms with Crippen molar-refractivity contribution in [2.45, 2.75) is 38.3 Å². The molecule has 6 nitrogen and oxygen atoms in total. The molecule has 1 aromatic heterocycles. The largest absolute Gasteiger partial charge is 0.468 e. The van der Waals surface area contributed by atoms with Gasteiger partial charge < -0.3 is 14.6 Å². The van der Waals surface area contributed by atoms with Gasteiger partial charge >= 0.3 is 0 Å². The predicted molar refractivity (Wildman–Crippen MR) is 93.7 cm³/mol. The molecule has 0 spiro atoms. The van der Waals surface area contributed by atoms with Gasteiger partial charge in [-0.3, -0.25) is 14.4 Å². The third-order valence-corrected chi connectivity index (χ3v) is 5.03. The Labute approximate surface area is 155 Å². The quantitative estimate of drug-likeness (QED) is 0.897. The van der Waals surface area contributed by atoms with E-state index in [9.17, 15) is 18.8 Å². The number of nitrogens with one attached hydrogen (secondary N) is 1. The molecular formula is C20H19FN2O4. The molecule has 1 aliphatic heterocycles. The Balaban J connectivity index is 1.41. The summed E-state index contributed by atoms with van der Waals surface area (Å²) in [5.74, 6) is -0.298. The van der Waals surface area contributed by atoms with Crippen molar-refractivity contribution in [3.05, 3.63) is 58.8 Å². The van der Waals surface area contributed by atoms with Crippen LogP contribution in [0, 0.1) is 5.82 Å². The van der Waals surface area contributed by atoms with Crippen LogP contribution in [0.25, 0.3) is 0 Å². The van der Waals surface area contributed by atoms with Crippen LogP contribution < -0.4 is 5.32 Å². The average molecular weight is 370 g/mol. The van der Waals surface area contributed by atoms with E-state index in [1.54, 1.807) is 17.0 Å². The van der Waals surface area contributed by atoms with Gasteiger partial charge in [0.05, 0.1) is 17.2 Å². The number of carbonyl (C=O) groups excluding carboxylic acids is 3. The number of carbonyl (C=O) groups is 3. The molecule has 4 rings (SSSR count). The van der Waals surface area contributed by atoms with E-state index in [1.165, 1.54) is 18.4 Å². The number of hydrogen-bond acceptors (Lipinski definition) is 4. The smallest absolute Gasteiger partial charge is 0.255 e. The van der Waals surface area contributed by atoms with Crippen molar-refractivity contribution in [1.82, 2.24) is 10.2 Å². The molecule has 140 valence electrons. The summed E-state index contributed by atoms with van der Waals surface area (Å²) in [5.41, 5.74) is 1.46. The van der Waals surface area contributed by atoms with Gasteiger partial charge in [-0.1, -0.05) is 12.1 Å². The first-order valence-corrected chi connectivity index (χ1v) is 8.98. The molecule has 2 amide bonds. The summed E-state index contributed by atoms with van der Waals surface area (Å²) in [5, 5.41) is 2.83. The Bertz CT molecular complexity index is 903. The normalized spacial score (nSPS) is 19.3. The third kappa shape index (κ3) is 3.49. The van der Waals surface area contributed by atoms with E-state index in [0.717, 1.165) is 12.0 Å². The fourth-order valence-corrected chi connectivity index (χ4v) is 3.68. The molecule has 2 aliphatic rings. The number of likely N-dealkylation sites (tertiary alicyclic amines) is 1. The van der Waals surface area contributed by atoms with Crippen LogP contribution in [-0.4, -0.2) is 35.1 Å². The highest BCUT2D eigenvalue weighted by Gasteiger charge is 2.33. The summed E-state index contributed by atoms with van der Waals surface area (Å²) in [6, 6.07) is 5.65. The van der Waals surface area contributed by atoms with E-state index in [-0.39, 0.29) is 35.5 Å². The first-order chi connectivity index (χ1) is 13.0. The van der Waals surface area contributed by atoms with Crippen LogP contribution in [0.15, 0.2) is 34.9 Å². The molecule has 0 unspecified atom stereocenters. The summed E-state index contributed by atoms with van der Waals surface area (Å²) < 4.78 is 18.4. The van der Waals surface area contributed by atoms with Gasteiger partial charge in [0.2, 0.25) is 5.91 Å². The van der Waals surface area contributed by atoms with Gasteiger partial charge in [0.25, 0.3) is 5.91 Å². The molecular weight excluding hydrogens is 351 g/mol. The van der Waals surface area contributed by atoms with Crippen LogP contribution in [0.5, 0.6) is 0 Å². The zero-order valence-electron chi connectivity index (χ0n) is 14.7. The van der Waals surface area contributed by atoms with Gasteiger partial charge in [-0.25, -0.2) is 4.39 Å². The second-order valence-corrected chi connectivity index (χ2v) is 7.00. The van der Waals surface area contributed by atoms with Crippen LogP contribution in [0.1, 0.15) is 51.3 Å². The average Bonchev–Trinajstić information content (AvgIpc) is 3.22. The van der Waals surface area contributed by atoms with Crippen molar-refractivity contribution in [3.63, 3.8) is 0 Å². The number of halogens is 1. The lowest BCUT2D eigenvalue weighted by Gasteiger charge is -2.17. The van der Waals surface area contributed by atoms with Crippen LogP contribution in [0.2, 0.25) is 0 Å². The van der Waals surface area contributed by atoms with Crippen molar-refractivity contribution in [3.8, 4) is 0 Å². The van der Waals surface area contributed by atoms with Gasteiger partial charge in [-0.15, -0.1) is 0 Å². The zero-order chi connectivity index (χ0) is 19.0. The second-order valence-electron chi connectivity index (χ2n) is 7.00. The lowest BCUT2D eigenvalue weighted by atomic mass is 9.94. The van der Waals surface area contributed by atoms with E-state index in [4.69, 9.17) is 4.42 Å². The van der Waals surface area contributed by atoms with Crippen molar-refractivity contribution in [1.29, 1.82) is 0 Å². The zero-order valence-corrected chi connectivity index (χ0v) is 14.7. The molecule has 1 saturated heterocycles. The van der Waals surface area contributed by atoms with Gasteiger partial charge in [0.1, 0.15) is 17.8 Å². The molecule has 7 heteroatoms. The Morgan fingerprint density at radius 1 is 1.22 bits per heavy atom. The van der Waals surface area contributed by atoms with Crippen LogP contribution >= 0.6 is 0 Å². The van der Waals surface area contributed by atoms with Gasteiger partial charge in [-0.05, 0) is 24.1 Å². The Morgan fingerprint density at radius 2 is 2.00 bits per heavy atom. The van der Waals surface area contributed by atoms with E-state index >= 15 is 0 Å². The minimum Gasteiger partial charge on any atom is -0.468 e. The number of nitrogens with zero attached hydrogens (tertiary/aromatic N) is 1. The topological polar surface area (TPSA) is 79.6 Å². The van der Waals surface area contributed by atoms with E-state index in [2.05, 4.69) is 5.32 Å². The third-order valence-electron chi connectivity index (χ3n) is 5.03. The highest BCUT2D eigenvalue weighted by atomic mass is 19.1. The molecule has 1 fully saturated rings. The highest BCUT2D eigenvalue weighted by molar-refractivity contribution is 6.09. The van der Waals surface area contributed by atoms with Gasteiger partial charge in [-0.2, -0.15) is 0 Å². The number of Topliss-reactive ketones (excluding diaryl/α,β-unsaturated/α-hetero) is 1. The number of ketones is 1. The van der Waals surface area contributed by atoms with Crippen LogP contribution in [-0.2, 0) is 17.8 Å². The molecule has 2 aromatic rings. The molecule has 1 N–H and O–H groups in total. The number of amides is 2. The number of furan rings is 1. The summed E-state index contributed by atoms with van der Waals surface area (Å²) in [6.45, 7) is 0.737. The molecule has 0 saturated carbocycles. The summed E-state index contributed by atoms with van der Waals surface area (Å²) in [4.78, 5) is 38.6. The lowest BCUT2D eigenvalue weighted by Crippen LogP contribution is -2.37. The molecule has 2 heterocycles. The standard InChI is InChI=1S/C20H19FN2O4/c21-13-6-4-12(5-7-13)9-23-10-14(8-18(23)25)22-20(26)15-11-27-17-3-1-2-16(24)19(15)17/h4-7,11,14H,1-3,8-10H2,(H,22,26)/t14-/m0/s1. The molecule has 27 heavy (non-hydrogen) atoms. The number of rotatable bonds is 4. The minimum atomic E-state index is -0.392. The minimum absolute atomic E-state index is 0.0735. The van der Waals surface area contributed by atoms with Crippen molar-refractivity contribution in [2.75, 3.05) is 6.54 Å². The van der Waals surface area contributed by atoms with Crippen LogP contribution in [0.3, 0.4) is 0 Å². The first-order valence-electron chi connectivity index (χ1n) is 8.98. The number of fused-ring (bicyclic) bond motifs is 1. The number of benzene rings is 1. The first kappa shape index (κ1) is 17.5. The Hall–Kier alpha value is -2.96. The van der Waals surface area contributed by atoms with E-state index < -0.39 is 5.91 Å². The summed E-state index contributed by atoms with van der Waals surface area (Å²) in [7, 11) is 0. The Morgan fingerprint density at radius 3 is 2.78 bits per heavy atom. The maximum absolute atomic E-state index is 13.0. The fraction of sp³-hybridized carbons (Fsp3) is 0.350. The molecule has 0 bridgehead atoms. The van der Waals surface area contributed by atoms with Crippen molar-refractivity contribution < 1.29 is 23.2 Å². The summed E-state index contributed by atoms with van der Waals surface area (Å²) in [6.07, 6.45) is 3.33. The van der Waals surface area contributed by atoms with E-state index in [0.29, 0.717) is 37.3 Å². The van der Waals surface area contributed by atoms with Gasteiger partial charge in [0, 0.05) is 32.4 Å². The predicted octanol–water partition coefficient (Wildman–Crippen LogP) is 2.47. The van der Waals surface area contributed by atoms with E-state index in [1.807, 2.05) is 0 Å². The SMILES string of the molecule is O=C(N[C@H]1CC(=O)N(Cc2ccc(F)cc2)C1)c1coc2c1C(=O)CCC2. The Kier molecular flexibility index (Phi) is 4.51. The second kappa shape index (κ2) is 6.98. The summed E-state index contributed by atoms with van der Waals surface area (Å²) >= 11 is 0. The fourth-order valence-electron chi connectivity index (χ4n) is 3.68. The molecule has 0 radical (unpaired) electrons. The monoisotopic (exact) mass is 370 g/mol. The van der Waals surface area contributed by atoms with Gasteiger partial charge in [0.15, 0.2) is 5.78 Å². The highest BCUT2D eigenvalue weighted by Crippen LogP contribution is 2.26. The maximum Gasteiger partial charge on any atom is 0.255 e. The number of hydrogen-bond donors (Lipinski definition) is 1. The molecule has 1 aromatic carbocycles. The van der Waals surface area contributed by atoms with Crippen molar-refractivity contribution >= 4 is 17.6 Å².